The summed E-state index contributed by atoms with van der Waals surface area (Å²) in [6.07, 6.45) is 3.38. The summed E-state index contributed by atoms with van der Waals surface area (Å²) in [6, 6.07) is 10.2. The van der Waals surface area contributed by atoms with Gasteiger partial charge in [-0.05, 0) is 63.3 Å². The largest absolute Gasteiger partial charge is 0.372 e. The molecule has 0 radical (unpaired) electrons. The average molecular weight is 382 g/mol. The number of piperidine rings is 1. The molecule has 2 N–H and O–H groups in total. The first-order valence-electron chi connectivity index (χ1n) is 10.2. The second-order valence-electron chi connectivity index (χ2n) is 7.81. The minimum atomic E-state index is -0.169. The number of anilines is 3. The van der Waals surface area contributed by atoms with Crippen LogP contribution in [0, 0.1) is 12.8 Å². The fourth-order valence-corrected chi connectivity index (χ4v) is 3.32. The molecule has 1 aliphatic heterocycles. The van der Waals surface area contributed by atoms with E-state index in [0.717, 1.165) is 31.1 Å². The molecule has 150 valence electrons. The predicted molar refractivity (Wildman–Crippen MR) is 114 cm³/mol. The zero-order valence-electron chi connectivity index (χ0n) is 17.3. The van der Waals surface area contributed by atoms with E-state index in [1.165, 1.54) is 18.5 Å². The lowest BCUT2D eigenvalue weighted by Crippen LogP contribution is -2.32. The number of nitrogens with zero attached hydrogens (tertiary/aromatic N) is 3. The number of carbonyl (C=O) groups excluding carboxylic acids is 1. The Hall–Kier alpha value is -2.63. The molecule has 0 bridgehead atoms. The number of amides is 1. The maximum Gasteiger partial charge on any atom is 0.270 e. The molecular weight excluding hydrogens is 350 g/mol. The molecule has 1 fully saturated rings. The van der Waals surface area contributed by atoms with E-state index >= 15 is 0 Å². The summed E-state index contributed by atoms with van der Waals surface area (Å²) >= 11 is 0. The number of hydrogen-bond donors (Lipinski definition) is 2. The zero-order chi connectivity index (χ0) is 20.1. The third-order valence-electron chi connectivity index (χ3n) is 5.35. The van der Waals surface area contributed by atoms with Crippen molar-refractivity contribution in [2.75, 3.05) is 23.3 Å². The van der Waals surface area contributed by atoms with E-state index in [9.17, 15) is 4.79 Å². The van der Waals surface area contributed by atoms with Crippen LogP contribution < -0.4 is 15.5 Å². The van der Waals surface area contributed by atoms with Gasteiger partial charge in [-0.3, -0.25) is 4.79 Å². The van der Waals surface area contributed by atoms with Crippen LogP contribution in [0.5, 0.6) is 0 Å². The minimum Gasteiger partial charge on any atom is -0.372 e. The Morgan fingerprint density at radius 2 is 1.89 bits per heavy atom. The smallest absolute Gasteiger partial charge is 0.270 e. The van der Waals surface area contributed by atoms with Gasteiger partial charge in [0.15, 0.2) is 0 Å². The van der Waals surface area contributed by atoms with E-state index in [1.54, 1.807) is 13.0 Å². The Labute approximate surface area is 167 Å². The van der Waals surface area contributed by atoms with Crippen molar-refractivity contribution in [1.82, 2.24) is 15.3 Å². The number of rotatable bonds is 6. The van der Waals surface area contributed by atoms with Crippen LogP contribution in [0.4, 0.5) is 17.2 Å². The second-order valence-corrected chi connectivity index (χ2v) is 7.81. The van der Waals surface area contributed by atoms with Crippen molar-refractivity contribution in [3.05, 3.63) is 41.9 Å². The molecule has 0 spiro atoms. The van der Waals surface area contributed by atoms with Crippen molar-refractivity contribution in [3.63, 3.8) is 0 Å². The standard InChI is InChI=1S/C22H31N5O/c1-5-16(3)23-22(28)20-14-21(25-17(4)24-20)26-18-6-8-19(9-7-18)27-12-10-15(2)11-13-27/h6-9,14-16H,5,10-13H2,1-4H3,(H,23,28)(H,24,25,26). The highest BCUT2D eigenvalue weighted by Crippen LogP contribution is 2.25. The number of carbonyl (C=O) groups is 1. The average Bonchev–Trinajstić information content (AvgIpc) is 2.68. The van der Waals surface area contributed by atoms with Gasteiger partial charge in [0.2, 0.25) is 0 Å². The highest BCUT2D eigenvalue weighted by Gasteiger charge is 2.16. The van der Waals surface area contributed by atoms with Crippen LogP contribution >= 0.6 is 0 Å². The first-order valence-corrected chi connectivity index (χ1v) is 10.2. The normalized spacial score (nSPS) is 15.9. The van der Waals surface area contributed by atoms with Crippen LogP contribution in [-0.4, -0.2) is 35.0 Å². The molecular formula is C22H31N5O. The van der Waals surface area contributed by atoms with E-state index in [-0.39, 0.29) is 11.9 Å². The summed E-state index contributed by atoms with van der Waals surface area (Å²) in [5, 5.41) is 6.24. The number of aromatic nitrogens is 2. The van der Waals surface area contributed by atoms with E-state index in [4.69, 9.17) is 0 Å². The lowest BCUT2D eigenvalue weighted by Gasteiger charge is -2.32. The second kappa shape index (κ2) is 9.04. The van der Waals surface area contributed by atoms with Gasteiger partial charge in [0, 0.05) is 36.6 Å². The fourth-order valence-electron chi connectivity index (χ4n) is 3.32. The molecule has 2 heterocycles. The van der Waals surface area contributed by atoms with Crippen LogP contribution in [0.1, 0.15) is 56.3 Å². The summed E-state index contributed by atoms with van der Waals surface area (Å²) in [6.45, 7) is 10.4. The monoisotopic (exact) mass is 381 g/mol. The van der Waals surface area contributed by atoms with Gasteiger partial charge < -0.3 is 15.5 Å². The Morgan fingerprint density at radius 3 is 2.54 bits per heavy atom. The minimum absolute atomic E-state index is 0.115. The van der Waals surface area contributed by atoms with Crippen LogP contribution in [-0.2, 0) is 0 Å². The van der Waals surface area contributed by atoms with Crippen LogP contribution in [0.3, 0.4) is 0 Å². The Bertz CT molecular complexity index is 797. The lowest BCUT2D eigenvalue weighted by molar-refractivity contribution is 0.0934. The van der Waals surface area contributed by atoms with Crippen LogP contribution in [0.2, 0.25) is 0 Å². The molecule has 6 nitrogen and oxygen atoms in total. The highest BCUT2D eigenvalue weighted by atomic mass is 16.1. The third-order valence-corrected chi connectivity index (χ3v) is 5.35. The van der Waals surface area contributed by atoms with Crippen molar-refractivity contribution in [3.8, 4) is 0 Å². The summed E-state index contributed by atoms with van der Waals surface area (Å²) < 4.78 is 0. The summed E-state index contributed by atoms with van der Waals surface area (Å²) in [5.74, 6) is 1.85. The van der Waals surface area contributed by atoms with E-state index in [1.807, 2.05) is 13.8 Å². The molecule has 0 saturated carbocycles. The number of hydrogen-bond acceptors (Lipinski definition) is 5. The predicted octanol–water partition coefficient (Wildman–Crippen LogP) is 4.29. The van der Waals surface area contributed by atoms with Gasteiger partial charge in [-0.25, -0.2) is 9.97 Å². The molecule has 1 aromatic carbocycles. The molecule has 0 aliphatic carbocycles. The van der Waals surface area contributed by atoms with Gasteiger partial charge in [0.25, 0.3) is 5.91 Å². The summed E-state index contributed by atoms with van der Waals surface area (Å²) in [4.78, 5) is 23.5. The van der Waals surface area contributed by atoms with Crippen molar-refractivity contribution in [2.24, 2.45) is 5.92 Å². The fraction of sp³-hybridized carbons (Fsp3) is 0.500. The van der Waals surface area contributed by atoms with E-state index < -0.39 is 0 Å². The Balaban J connectivity index is 1.68. The van der Waals surface area contributed by atoms with Crippen molar-refractivity contribution in [1.29, 1.82) is 0 Å². The highest BCUT2D eigenvalue weighted by molar-refractivity contribution is 5.93. The van der Waals surface area contributed by atoms with E-state index in [0.29, 0.717) is 17.3 Å². The van der Waals surface area contributed by atoms with Crippen molar-refractivity contribution in [2.45, 2.75) is 53.0 Å². The molecule has 1 saturated heterocycles. The van der Waals surface area contributed by atoms with Gasteiger partial charge in [0.1, 0.15) is 17.3 Å². The van der Waals surface area contributed by atoms with Gasteiger partial charge in [-0.15, -0.1) is 0 Å². The molecule has 1 atom stereocenters. The number of benzene rings is 1. The van der Waals surface area contributed by atoms with Crippen molar-refractivity contribution >= 4 is 23.1 Å². The topological polar surface area (TPSA) is 70.2 Å². The molecule has 1 unspecified atom stereocenters. The first kappa shape index (κ1) is 20.1. The van der Waals surface area contributed by atoms with Gasteiger partial charge in [-0.2, -0.15) is 0 Å². The SMILES string of the molecule is CCC(C)NC(=O)c1cc(Nc2ccc(N3CCC(C)CC3)cc2)nc(C)n1. The Kier molecular flexibility index (Phi) is 6.49. The molecule has 28 heavy (non-hydrogen) atoms. The van der Waals surface area contributed by atoms with Crippen LogP contribution in [0.25, 0.3) is 0 Å². The lowest BCUT2D eigenvalue weighted by atomic mass is 9.99. The molecule has 2 aromatic rings. The summed E-state index contributed by atoms with van der Waals surface area (Å²) in [5.41, 5.74) is 2.58. The maximum atomic E-state index is 12.4. The first-order chi connectivity index (χ1) is 13.4. The van der Waals surface area contributed by atoms with Gasteiger partial charge >= 0.3 is 0 Å². The van der Waals surface area contributed by atoms with E-state index in [2.05, 4.69) is 56.7 Å². The number of nitrogens with one attached hydrogen (secondary N) is 2. The van der Waals surface area contributed by atoms with Gasteiger partial charge in [0.05, 0.1) is 0 Å². The van der Waals surface area contributed by atoms with Crippen LogP contribution in [0.15, 0.2) is 30.3 Å². The molecule has 1 amide bonds. The molecule has 1 aliphatic rings. The Morgan fingerprint density at radius 1 is 1.21 bits per heavy atom. The zero-order valence-corrected chi connectivity index (χ0v) is 17.3. The molecule has 6 heteroatoms. The van der Waals surface area contributed by atoms with Gasteiger partial charge in [-0.1, -0.05) is 13.8 Å². The molecule has 3 rings (SSSR count). The quantitative estimate of drug-likeness (QED) is 0.781. The maximum absolute atomic E-state index is 12.4. The van der Waals surface area contributed by atoms with Crippen molar-refractivity contribution < 1.29 is 4.79 Å². The summed E-state index contributed by atoms with van der Waals surface area (Å²) in [7, 11) is 0. The third kappa shape index (κ3) is 5.21. The number of aryl methyl sites for hydroxylation is 1. The molecule has 1 aromatic heterocycles.